The first-order valence-corrected chi connectivity index (χ1v) is 6.20. The zero-order valence-electron chi connectivity index (χ0n) is 10.4. The summed E-state index contributed by atoms with van der Waals surface area (Å²) in [6.45, 7) is -1.39. The molecule has 1 aromatic carbocycles. The molecule has 0 bridgehead atoms. The molecular formula is C13H13F3O4. The molecule has 0 radical (unpaired) electrons. The number of hydrogen-bond acceptors (Lipinski definition) is 4. The van der Waals surface area contributed by atoms with E-state index in [0.717, 1.165) is 5.56 Å². The molecule has 2 aliphatic rings. The number of ether oxygens (including phenoxy) is 2. The minimum absolute atomic E-state index is 0.559. The largest absolute Gasteiger partial charge is 0.411 e. The Hall–Kier alpha value is -1.15. The molecule has 0 amide bonds. The van der Waals surface area contributed by atoms with Crippen LogP contribution in [0.15, 0.2) is 24.3 Å². The van der Waals surface area contributed by atoms with Crippen molar-refractivity contribution in [3.8, 4) is 0 Å². The average Bonchev–Trinajstić information content (AvgIpc) is 3.19. The molecule has 0 saturated heterocycles. The van der Waals surface area contributed by atoms with Gasteiger partial charge in [-0.3, -0.25) is 0 Å². The van der Waals surface area contributed by atoms with E-state index in [4.69, 9.17) is 14.7 Å². The van der Waals surface area contributed by atoms with Gasteiger partial charge in [-0.05, 0) is 18.4 Å². The van der Waals surface area contributed by atoms with Gasteiger partial charge in [0.25, 0.3) is 0 Å². The maximum Gasteiger partial charge on any atom is 0.411 e. The molecule has 1 aliphatic heterocycles. The van der Waals surface area contributed by atoms with E-state index in [0.29, 0.717) is 18.4 Å². The van der Waals surface area contributed by atoms with E-state index < -0.39 is 30.8 Å². The molecule has 1 saturated carbocycles. The van der Waals surface area contributed by atoms with Crippen molar-refractivity contribution in [2.45, 2.75) is 37.0 Å². The van der Waals surface area contributed by atoms with Gasteiger partial charge in [-0.15, -0.1) is 0 Å². The summed E-state index contributed by atoms with van der Waals surface area (Å²) in [6.07, 6.45) is -5.26. The van der Waals surface area contributed by atoms with Gasteiger partial charge in [0, 0.05) is 11.0 Å². The number of alkyl halides is 3. The lowest BCUT2D eigenvalue weighted by atomic mass is 9.88. The van der Waals surface area contributed by atoms with Crippen molar-refractivity contribution < 1.29 is 32.8 Å². The Morgan fingerprint density at radius 2 is 2.00 bits per heavy atom. The first kappa shape index (κ1) is 13.8. The van der Waals surface area contributed by atoms with Gasteiger partial charge in [0.05, 0.1) is 0 Å². The summed E-state index contributed by atoms with van der Waals surface area (Å²) in [4.78, 5) is 4.22. The normalized spacial score (nSPS) is 27.4. The van der Waals surface area contributed by atoms with E-state index in [2.05, 4.69) is 4.89 Å². The molecule has 7 heteroatoms. The highest BCUT2D eigenvalue weighted by atomic mass is 19.4. The van der Waals surface area contributed by atoms with Crippen LogP contribution in [0, 0.1) is 0 Å². The second-order valence-corrected chi connectivity index (χ2v) is 5.07. The van der Waals surface area contributed by atoms with Gasteiger partial charge < -0.3 is 9.47 Å². The Kier molecular flexibility index (Phi) is 3.24. The molecule has 1 aromatic rings. The third kappa shape index (κ3) is 2.31. The van der Waals surface area contributed by atoms with Crippen LogP contribution in [0.25, 0.3) is 0 Å². The second kappa shape index (κ2) is 4.70. The lowest BCUT2D eigenvalue weighted by Crippen LogP contribution is -2.41. The number of rotatable bonds is 3. The minimum Gasteiger partial charge on any atom is -0.342 e. The van der Waals surface area contributed by atoms with Crippen LogP contribution in [0.3, 0.4) is 0 Å². The third-order valence-corrected chi connectivity index (χ3v) is 3.73. The molecule has 1 spiro atoms. The van der Waals surface area contributed by atoms with Crippen molar-refractivity contribution in [1.29, 1.82) is 0 Å². The van der Waals surface area contributed by atoms with E-state index in [-0.39, 0.29) is 0 Å². The van der Waals surface area contributed by atoms with Gasteiger partial charge in [-0.1, -0.05) is 24.3 Å². The van der Waals surface area contributed by atoms with Crippen LogP contribution in [0.4, 0.5) is 13.2 Å². The molecule has 3 rings (SSSR count). The number of benzene rings is 1. The molecule has 1 heterocycles. The van der Waals surface area contributed by atoms with Crippen molar-refractivity contribution >= 4 is 0 Å². The third-order valence-electron chi connectivity index (χ3n) is 3.73. The van der Waals surface area contributed by atoms with Gasteiger partial charge in [0.15, 0.2) is 6.29 Å². The topological polar surface area (TPSA) is 47.9 Å². The second-order valence-electron chi connectivity index (χ2n) is 5.07. The molecule has 4 nitrogen and oxygen atoms in total. The summed E-state index contributed by atoms with van der Waals surface area (Å²) in [7, 11) is 0. The molecule has 0 aromatic heterocycles. The Labute approximate surface area is 113 Å². The summed E-state index contributed by atoms with van der Waals surface area (Å²) in [5, 5.41) is 8.87. The van der Waals surface area contributed by atoms with E-state index in [1.54, 1.807) is 24.3 Å². The summed E-state index contributed by atoms with van der Waals surface area (Å²) in [5.74, 6) is 0. The van der Waals surface area contributed by atoms with Crippen molar-refractivity contribution in [3.05, 3.63) is 35.4 Å². The summed E-state index contributed by atoms with van der Waals surface area (Å²) in [6, 6.07) is 7.07. The van der Waals surface area contributed by atoms with Crippen LogP contribution in [-0.2, 0) is 19.8 Å². The summed E-state index contributed by atoms with van der Waals surface area (Å²) >= 11 is 0. The number of fused-ring (bicyclic) bond motifs is 2. The van der Waals surface area contributed by atoms with Crippen molar-refractivity contribution in [3.63, 3.8) is 0 Å². The smallest absolute Gasteiger partial charge is 0.342 e. The van der Waals surface area contributed by atoms with Crippen LogP contribution in [0.2, 0.25) is 0 Å². The fraction of sp³-hybridized carbons (Fsp3) is 0.538. The zero-order valence-corrected chi connectivity index (χ0v) is 10.4. The lowest BCUT2D eigenvalue weighted by Gasteiger charge is -2.37. The van der Waals surface area contributed by atoms with Crippen molar-refractivity contribution in [2.75, 3.05) is 6.61 Å². The Bertz CT molecular complexity index is 499. The van der Waals surface area contributed by atoms with Crippen LogP contribution in [0.5, 0.6) is 0 Å². The fourth-order valence-corrected chi connectivity index (χ4v) is 2.69. The first-order valence-electron chi connectivity index (χ1n) is 6.20. The average molecular weight is 290 g/mol. The number of hydrogen-bond donors (Lipinski definition) is 1. The Morgan fingerprint density at radius 3 is 2.60 bits per heavy atom. The quantitative estimate of drug-likeness (QED) is 0.686. The SMILES string of the molecule is OOC1OC(OCC(F)(F)F)C2(CC2)c2ccccc21. The van der Waals surface area contributed by atoms with Gasteiger partial charge in [0.1, 0.15) is 6.61 Å². The van der Waals surface area contributed by atoms with Crippen molar-refractivity contribution in [2.24, 2.45) is 0 Å². The van der Waals surface area contributed by atoms with Crippen molar-refractivity contribution in [1.82, 2.24) is 0 Å². The Morgan fingerprint density at radius 1 is 1.30 bits per heavy atom. The molecule has 20 heavy (non-hydrogen) atoms. The molecule has 1 fully saturated rings. The van der Waals surface area contributed by atoms with Gasteiger partial charge in [-0.25, -0.2) is 10.1 Å². The van der Waals surface area contributed by atoms with E-state index in [1.807, 2.05) is 0 Å². The maximum absolute atomic E-state index is 12.3. The molecule has 1 N–H and O–H groups in total. The van der Waals surface area contributed by atoms with Crippen LogP contribution >= 0.6 is 0 Å². The Balaban J connectivity index is 1.88. The maximum atomic E-state index is 12.3. The fourth-order valence-electron chi connectivity index (χ4n) is 2.69. The highest BCUT2D eigenvalue weighted by Crippen LogP contribution is 2.57. The summed E-state index contributed by atoms with van der Waals surface area (Å²) < 4.78 is 47.1. The van der Waals surface area contributed by atoms with Crippen LogP contribution in [0.1, 0.15) is 30.3 Å². The highest BCUT2D eigenvalue weighted by molar-refractivity contribution is 5.42. The summed E-state index contributed by atoms with van der Waals surface area (Å²) in [5.41, 5.74) is 0.883. The highest BCUT2D eigenvalue weighted by Gasteiger charge is 2.58. The van der Waals surface area contributed by atoms with Gasteiger partial charge in [0.2, 0.25) is 6.29 Å². The molecular weight excluding hydrogens is 277 g/mol. The molecule has 2 atom stereocenters. The van der Waals surface area contributed by atoms with E-state index in [1.165, 1.54) is 0 Å². The molecule has 110 valence electrons. The standard InChI is InChI=1S/C13H13F3O4/c14-13(15,16)7-18-11-12(5-6-12)9-4-2-1-3-8(9)10(19-11)20-17/h1-4,10-11,17H,5-7H2. The zero-order chi connectivity index (χ0) is 14.4. The van der Waals surface area contributed by atoms with Crippen LogP contribution in [-0.4, -0.2) is 24.3 Å². The van der Waals surface area contributed by atoms with E-state index in [9.17, 15) is 13.2 Å². The van der Waals surface area contributed by atoms with Gasteiger partial charge in [-0.2, -0.15) is 13.2 Å². The molecule has 1 aliphatic carbocycles. The monoisotopic (exact) mass is 290 g/mol. The predicted molar refractivity (Wildman–Crippen MR) is 60.7 cm³/mol. The van der Waals surface area contributed by atoms with E-state index >= 15 is 0 Å². The van der Waals surface area contributed by atoms with Crippen LogP contribution < -0.4 is 0 Å². The predicted octanol–water partition coefficient (Wildman–Crippen LogP) is 3.14. The number of halogens is 3. The first-order chi connectivity index (χ1) is 9.46. The lowest BCUT2D eigenvalue weighted by molar-refractivity contribution is -0.392. The minimum atomic E-state index is -4.42. The molecule has 2 unspecified atom stereocenters. The van der Waals surface area contributed by atoms with Gasteiger partial charge >= 0.3 is 6.18 Å².